The molecule has 2 aromatic rings. The van der Waals surface area contributed by atoms with Gasteiger partial charge in [-0.3, -0.25) is 9.79 Å². The van der Waals surface area contributed by atoms with Crippen LogP contribution in [0.1, 0.15) is 35.6 Å². The van der Waals surface area contributed by atoms with E-state index >= 15 is 0 Å². The van der Waals surface area contributed by atoms with Crippen molar-refractivity contribution in [3.63, 3.8) is 0 Å². The highest BCUT2D eigenvalue weighted by Crippen LogP contribution is 2.55. The molecule has 3 aliphatic rings. The van der Waals surface area contributed by atoms with Gasteiger partial charge in [0.05, 0.1) is 23.8 Å². The lowest BCUT2D eigenvalue weighted by Gasteiger charge is -2.42. The number of fused-ring (bicyclic) bond motifs is 5. The summed E-state index contributed by atoms with van der Waals surface area (Å²) in [6.45, 7) is 0. The maximum absolute atomic E-state index is 12.0. The van der Waals surface area contributed by atoms with E-state index in [1.807, 2.05) is 11.0 Å². The third kappa shape index (κ3) is 3.41. The molecule has 2 N–H and O–H groups in total. The Labute approximate surface area is 202 Å². The number of thioether (sulfide) groups is 1. The van der Waals surface area contributed by atoms with Crippen LogP contribution in [0.3, 0.4) is 0 Å². The molecule has 5 nitrogen and oxygen atoms in total. The number of amidine groups is 1. The van der Waals surface area contributed by atoms with Crippen molar-refractivity contribution in [1.82, 2.24) is 4.90 Å². The van der Waals surface area contributed by atoms with Crippen molar-refractivity contribution < 1.29 is 15.0 Å². The van der Waals surface area contributed by atoms with Gasteiger partial charge in [0.25, 0.3) is 0 Å². The van der Waals surface area contributed by atoms with E-state index in [1.54, 1.807) is 24.3 Å². The minimum atomic E-state index is -1.45. The van der Waals surface area contributed by atoms with Crippen molar-refractivity contribution in [2.24, 2.45) is 4.99 Å². The molecule has 2 aliphatic heterocycles. The van der Waals surface area contributed by atoms with Crippen molar-refractivity contribution in [1.29, 1.82) is 0 Å². The Kier molecular flexibility index (Phi) is 6.00. The molecule has 1 saturated heterocycles. The molecule has 2 aromatic carbocycles. The number of benzene rings is 2. The molecule has 1 aliphatic carbocycles. The number of rotatable bonds is 3. The van der Waals surface area contributed by atoms with Gasteiger partial charge in [0, 0.05) is 15.1 Å². The molecule has 158 valence electrons. The van der Waals surface area contributed by atoms with Gasteiger partial charge in [0.1, 0.15) is 0 Å². The fourth-order valence-corrected chi connectivity index (χ4v) is 6.66. The van der Waals surface area contributed by atoms with Gasteiger partial charge in [-0.1, -0.05) is 57.5 Å². The largest absolute Gasteiger partial charge is 0.481 e. The molecule has 1 fully saturated rings. The fraction of sp³-hybridized carbons (Fsp3) is 0.333. The van der Waals surface area contributed by atoms with E-state index in [9.17, 15) is 15.0 Å². The van der Waals surface area contributed by atoms with Crippen LogP contribution in [0, 0.1) is 0 Å². The third-order valence-corrected chi connectivity index (χ3v) is 8.02. The second-order valence-corrected chi connectivity index (χ2v) is 10.1. The van der Waals surface area contributed by atoms with Gasteiger partial charge >= 0.3 is 5.97 Å². The van der Waals surface area contributed by atoms with Crippen LogP contribution in [0.4, 0.5) is 0 Å². The molecule has 0 radical (unpaired) electrons. The lowest BCUT2D eigenvalue weighted by Crippen LogP contribution is -2.53. The average molecular weight is 575 g/mol. The number of aliphatic carboxylic acids is 1. The maximum atomic E-state index is 12.0. The summed E-state index contributed by atoms with van der Waals surface area (Å²) in [6.07, 6.45) is 1.59. The van der Waals surface area contributed by atoms with Crippen LogP contribution in [0.15, 0.2) is 51.9 Å². The molecule has 9 heteroatoms. The predicted octanol–water partition coefficient (Wildman–Crippen LogP) is 5.14. The van der Waals surface area contributed by atoms with E-state index in [4.69, 9.17) is 16.6 Å². The number of hydrogen-bond acceptors (Lipinski definition) is 5. The molecule has 2 heterocycles. The molecule has 5 rings (SSSR count). The molecule has 0 aromatic heterocycles. The van der Waals surface area contributed by atoms with Gasteiger partial charge in [-0.2, -0.15) is 0 Å². The minimum absolute atomic E-state index is 0. The van der Waals surface area contributed by atoms with Crippen LogP contribution in [0.25, 0.3) is 0 Å². The first-order chi connectivity index (χ1) is 13.9. The Hall–Kier alpha value is -1.06. The standard InChI is InChI=1S/C21H18BrClN2O3S.BrH/c22-13-5-1-11-2-8-16-19(15(11)9-13)24-20-25(16)21(28,17(29-20)10-18(26)27)12-3-6-14(23)7-4-12;/h1,3-7,9,16-17,19,28H,2,8,10H2,(H,26,27);1H/t16?,17-,19?,21+;/m0./s1. The highest BCUT2D eigenvalue weighted by Gasteiger charge is 2.59. The summed E-state index contributed by atoms with van der Waals surface area (Å²) in [5, 5.41) is 22.2. The molecular weight excluding hydrogens is 556 g/mol. The van der Waals surface area contributed by atoms with Crippen LogP contribution in [0.5, 0.6) is 0 Å². The van der Waals surface area contributed by atoms with Gasteiger partial charge < -0.3 is 15.1 Å². The summed E-state index contributed by atoms with van der Waals surface area (Å²) < 4.78 is 1.01. The first-order valence-corrected chi connectivity index (χ1v) is 11.5. The first-order valence-electron chi connectivity index (χ1n) is 9.40. The molecule has 2 unspecified atom stereocenters. The normalized spacial score (nSPS) is 28.8. The van der Waals surface area contributed by atoms with Crippen LogP contribution in [-0.2, 0) is 16.9 Å². The Morgan fingerprint density at radius 3 is 2.73 bits per heavy atom. The summed E-state index contributed by atoms with van der Waals surface area (Å²) in [6, 6.07) is 13.2. The number of aryl methyl sites for hydroxylation is 1. The molecule has 0 spiro atoms. The molecule has 30 heavy (non-hydrogen) atoms. The van der Waals surface area contributed by atoms with Gasteiger partial charge in [-0.15, -0.1) is 17.0 Å². The van der Waals surface area contributed by atoms with E-state index in [1.165, 1.54) is 22.9 Å². The van der Waals surface area contributed by atoms with Gasteiger partial charge in [0.15, 0.2) is 10.9 Å². The van der Waals surface area contributed by atoms with E-state index in [-0.39, 0.29) is 35.5 Å². The number of halogens is 3. The second kappa shape index (κ2) is 8.13. The van der Waals surface area contributed by atoms with E-state index < -0.39 is 16.9 Å². The van der Waals surface area contributed by atoms with Gasteiger partial charge in [-0.05, 0) is 48.2 Å². The van der Waals surface area contributed by atoms with E-state index in [2.05, 4.69) is 28.1 Å². The zero-order chi connectivity index (χ0) is 20.3. The molecule has 0 saturated carbocycles. The van der Waals surface area contributed by atoms with E-state index in [0.717, 1.165) is 22.5 Å². The minimum Gasteiger partial charge on any atom is -0.481 e. The monoisotopic (exact) mass is 572 g/mol. The zero-order valence-corrected chi connectivity index (χ0v) is 20.5. The fourth-order valence-electron chi connectivity index (χ4n) is 4.70. The number of carbonyl (C=O) groups is 1. The molecule has 0 bridgehead atoms. The quantitative estimate of drug-likeness (QED) is 0.531. The van der Waals surface area contributed by atoms with Crippen molar-refractivity contribution in [3.8, 4) is 0 Å². The van der Waals surface area contributed by atoms with Crippen molar-refractivity contribution in [3.05, 3.63) is 68.7 Å². The molecule has 0 amide bonds. The summed E-state index contributed by atoms with van der Waals surface area (Å²) in [5.41, 5.74) is 1.65. The number of carboxylic acids is 1. The maximum Gasteiger partial charge on any atom is 0.304 e. The lowest BCUT2D eigenvalue weighted by atomic mass is 9.82. The number of carboxylic acid groups (broad SMARTS) is 1. The zero-order valence-electron chi connectivity index (χ0n) is 15.7. The van der Waals surface area contributed by atoms with Crippen LogP contribution >= 0.6 is 56.3 Å². The Balaban J connectivity index is 0.00000218. The van der Waals surface area contributed by atoms with Crippen molar-refractivity contribution in [2.45, 2.75) is 42.3 Å². The van der Waals surface area contributed by atoms with Crippen molar-refractivity contribution >= 4 is 67.4 Å². The number of hydrogen-bond donors (Lipinski definition) is 2. The Bertz CT molecular complexity index is 1040. The number of aliphatic imine (C=N–C) groups is 1. The first kappa shape index (κ1) is 22.1. The highest BCUT2D eigenvalue weighted by atomic mass is 79.9. The topological polar surface area (TPSA) is 73.1 Å². The highest BCUT2D eigenvalue weighted by molar-refractivity contribution is 9.10. The number of nitrogens with zero attached hydrogens (tertiary/aromatic N) is 2. The Morgan fingerprint density at radius 1 is 1.30 bits per heavy atom. The molecule has 4 atom stereocenters. The van der Waals surface area contributed by atoms with Gasteiger partial charge in [-0.25, -0.2) is 0 Å². The summed E-state index contributed by atoms with van der Waals surface area (Å²) in [7, 11) is 0. The smallest absolute Gasteiger partial charge is 0.304 e. The summed E-state index contributed by atoms with van der Waals surface area (Å²) in [4.78, 5) is 18.4. The third-order valence-electron chi connectivity index (χ3n) is 5.98. The average Bonchev–Trinajstić information content (AvgIpc) is 3.18. The Morgan fingerprint density at radius 2 is 2.03 bits per heavy atom. The van der Waals surface area contributed by atoms with Gasteiger partial charge in [0.2, 0.25) is 0 Å². The number of aliphatic hydroxyl groups is 1. The van der Waals surface area contributed by atoms with Crippen LogP contribution in [-0.4, -0.2) is 37.5 Å². The summed E-state index contributed by atoms with van der Waals surface area (Å²) >= 11 is 11.0. The van der Waals surface area contributed by atoms with E-state index in [0.29, 0.717) is 10.6 Å². The lowest BCUT2D eigenvalue weighted by molar-refractivity contribution is -0.141. The van der Waals surface area contributed by atoms with Crippen LogP contribution in [0.2, 0.25) is 5.02 Å². The van der Waals surface area contributed by atoms with Crippen molar-refractivity contribution in [2.75, 3.05) is 0 Å². The van der Waals surface area contributed by atoms with Crippen LogP contribution < -0.4 is 0 Å². The second-order valence-electron chi connectivity index (χ2n) is 7.61. The predicted molar refractivity (Wildman–Crippen MR) is 128 cm³/mol. The summed E-state index contributed by atoms with van der Waals surface area (Å²) in [5.74, 6) is -0.939. The SMILES string of the molecule is Br.O=C(O)C[C@@H]1SC2=NC3c4cc(Br)ccc4CCC3N2[C@@]1(O)c1ccc(Cl)cc1. The molecular formula is C21H19Br2ClN2O3S.